The maximum atomic E-state index is 13.4. The molecule has 0 aromatic heterocycles. The van der Waals surface area contributed by atoms with E-state index in [0.717, 1.165) is 50.3 Å². The van der Waals surface area contributed by atoms with E-state index in [4.69, 9.17) is 9.90 Å². The number of hydrogen-bond donors (Lipinski definition) is 3. The van der Waals surface area contributed by atoms with Crippen molar-refractivity contribution in [3.05, 3.63) is 52.6 Å². The molecule has 2 aliphatic rings. The van der Waals surface area contributed by atoms with Crippen molar-refractivity contribution in [3.8, 4) is 0 Å². The van der Waals surface area contributed by atoms with Crippen molar-refractivity contribution in [2.75, 3.05) is 35.8 Å². The molecule has 2 aromatic rings. The smallest absolute Gasteiger partial charge is 0.478 e. The number of hydrogen-bond acceptors (Lipinski definition) is 6. The SMILES string of the molecule is Cc1cc(C)c(S(=O)(=O)Nc2cc(C(=O)O)ccc2N2CCC(N3CCCCC3)CC2)c(C)c1.O=C(O)C(F)(F)F. The number of benzene rings is 2. The second-order valence-electron chi connectivity index (χ2n) is 10.5. The molecule has 2 aliphatic heterocycles. The summed E-state index contributed by atoms with van der Waals surface area (Å²) in [4.78, 5) is 25.6. The van der Waals surface area contributed by atoms with Crippen molar-refractivity contribution in [3.63, 3.8) is 0 Å². The molecule has 3 N–H and O–H groups in total. The molecule has 0 spiro atoms. The van der Waals surface area contributed by atoms with Crippen LogP contribution in [-0.4, -0.2) is 73.9 Å². The summed E-state index contributed by atoms with van der Waals surface area (Å²) in [6.07, 6.45) is 0.794. The molecular formula is C28H36F3N3O6S. The van der Waals surface area contributed by atoms with Crippen LogP contribution >= 0.6 is 0 Å². The maximum Gasteiger partial charge on any atom is 0.490 e. The minimum atomic E-state index is -5.08. The first-order valence-electron chi connectivity index (χ1n) is 13.4. The zero-order valence-electron chi connectivity index (χ0n) is 23.3. The van der Waals surface area contributed by atoms with Gasteiger partial charge in [0.05, 0.1) is 21.8 Å². The molecule has 2 saturated heterocycles. The van der Waals surface area contributed by atoms with E-state index in [9.17, 15) is 31.5 Å². The average molecular weight is 600 g/mol. The van der Waals surface area contributed by atoms with Crippen molar-refractivity contribution in [1.29, 1.82) is 0 Å². The Kier molecular flexibility index (Phi) is 10.3. The van der Waals surface area contributed by atoms with Gasteiger partial charge in [0, 0.05) is 19.1 Å². The first-order chi connectivity index (χ1) is 19.1. The van der Waals surface area contributed by atoms with Crippen molar-refractivity contribution in [2.45, 2.75) is 70.0 Å². The summed E-state index contributed by atoms with van der Waals surface area (Å²) in [6, 6.07) is 8.98. The molecule has 2 fully saturated rings. The zero-order valence-corrected chi connectivity index (χ0v) is 24.1. The van der Waals surface area contributed by atoms with Crippen LogP contribution in [0.25, 0.3) is 0 Å². The zero-order chi connectivity index (χ0) is 30.5. The number of carboxylic acid groups (broad SMARTS) is 2. The van der Waals surface area contributed by atoms with E-state index in [1.807, 2.05) is 19.1 Å². The van der Waals surface area contributed by atoms with Gasteiger partial charge in [0.2, 0.25) is 0 Å². The number of aryl methyl sites for hydroxylation is 3. The minimum Gasteiger partial charge on any atom is -0.478 e. The number of rotatable bonds is 6. The summed E-state index contributed by atoms with van der Waals surface area (Å²) in [5.41, 5.74) is 3.44. The predicted octanol–water partition coefficient (Wildman–Crippen LogP) is 5.20. The van der Waals surface area contributed by atoms with E-state index in [1.54, 1.807) is 26.0 Å². The molecule has 4 rings (SSSR count). The standard InChI is InChI=1S/C26H35N3O4S.C2HF3O2/c1-18-15-19(2)25(20(3)16-18)34(32,33)27-23-17-21(26(30)31)7-8-24(23)29-13-9-22(10-14-29)28-11-5-4-6-12-28;3-2(4,5)1(6)7/h7-8,15-17,22,27H,4-6,9-14H2,1-3H3,(H,30,31);(H,6,7). The van der Waals surface area contributed by atoms with E-state index in [0.29, 0.717) is 22.9 Å². The van der Waals surface area contributed by atoms with Gasteiger partial charge in [-0.3, -0.25) is 4.72 Å². The maximum absolute atomic E-state index is 13.4. The van der Waals surface area contributed by atoms with Gasteiger partial charge in [0.15, 0.2) is 0 Å². The number of halogens is 3. The average Bonchev–Trinajstić information content (AvgIpc) is 2.88. The predicted molar refractivity (Wildman–Crippen MR) is 149 cm³/mol. The highest BCUT2D eigenvalue weighted by Crippen LogP contribution is 2.34. The molecule has 0 saturated carbocycles. The summed E-state index contributed by atoms with van der Waals surface area (Å²) < 4.78 is 61.4. The first-order valence-corrected chi connectivity index (χ1v) is 14.9. The Morgan fingerprint density at radius 1 is 0.902 bits per heavy atom. The number of sulfonamides is 1. The molecule has 2 heterocycles. The second kappa shape index (κ2) is 13.1. The van der Waals surface area contributed by atoms with Crippen LogP contribution in [0.3, 0.4) is 0 Å². The summed E-state index contributed by atoms with van der Waals surface area (Å²) in [5, 5.41) is 16.7. The quantitative estimate of drug-likeness (QED) is 0.414. The highest BCUT2D eigenvalue weighted by atomic mass is 32.2. The molecule has 0 bridgehead atoms. The van der Waals surface area contributed by atoms with Gasteiger partial charge in [-0.15, -0.1) is 0 Å². The first kappa shape index (κ1) is 32.2. The third kappa shape index (κ3) is 8.35. The van der Waals surface area contributed by atoms with Crippen LogP contribution in [-0.2, 0) is 14.8 Å². The monoisotopic (exact) mass is 599 g/mol. The van der Waals surface area contributed by atoms with Gasteiger partial charge in [-0.1, -0.05) is 24.1 Å². The number of piperidine rings is 2. The lowest BCUT2D eigenvalue weighted by atomic mass is 9.99. The molecular weight excluding hydrogens is 563 g/mol. The number of anilines is 2. The fourth-order valence-electron chi connectivity index (χ4n) is 5.57. The van der Waals surface area contributed by atoms with Gasteiger partial charge >= 0.3 is 18.1 Å². The second-order valence-corrected chi connectivity index (χ2v) is 12.1. The third-order valence-electron chi connectivity index (χ3n) is 7.32. The lowest BCUT2D eigenvalue weighted by Crippen LogP contribution is -2.46. The van der Waals surface area contributed by atoms with Crippen LogP contribution in [0.1, 0.15) is 59.2 Å². The Morgan fingerprint density at radius 2 is 1.44 bits per heavy atom. The van der Waals surface area contributed by atoms with E-state index in [2.05, 4.69) is 14.5 Å². The molecule has 41 heavy (non-hydrogen) atoms. The number of likely N-dealkylation sites (tertiary alicyclic amines) is 1. The molecule has 0 atom stereocenters. The number of nitrogens with one attached hydrogen (secondary N) is 1. The molecule has 0 aliphatic carbocycles. The Balaban J connectivity index is 0.000000587. The number of carboxylic acids is 2. The Hall–Kier alpha value is -3.32. The Labute approximate surface area is 238 Å². The van der Waals surface area contributed by atoms with Crippen molar-refractivity contribution < 1.29 is 41.4 Å². The van der Waals surface area contributed by atoms with Gasteiger partial charge in [-0.25, -0.2) is 18.0 Å². The van der Waals surface area contributed by atoms with Crippen molar-refractivity contribution >= 4 is 33.3 Å². The highest BCUT2D eigenvalue weighted by molar-refractivity contribution is 7.92. The molecule has 9 nitrogen and oxygen atoms in total. The van der Waals surface area contributed by atoms with Crippen LogP contribution in [0, 0.1) is 20.8 Å². The largest absolute Gasteiger partial charge is 0.490 e. The number of carbonyl (C=O) groups is 2. The molecule has 2 aromatic carbocycles. The van der Waals surface area contributed by atoms with E-state index in [-0.39, 0.29) is 10.5 Å². The summed E-state index contributed by atoms with van der Waals surface area (Å²) in [7, 11) is -3.90. The fourth-order valence-corrected chi connectivity index (χ4v) is 7.09. The molecule has 0 radical (unpaired) electrons. The minimum absolute atomic E-state index is 0.0574. The summed E-state index contributed by atoms with van der Waals surface area (Å²) >= 11 is 0. The van der Waals surface area contributed by atoms with Gasteiger partial charge in [-0.2, -0.15) is 13.2 Å². The number of alkyl halides is 3. The lowest BCUT2D eigenvalue weighted by molar-refractivity contribution is -0.192. The van der Waals surface area contributed by atoms with Gasteiger partial charge < -0.3 is 20.0 Å². The van der Waals surface area contributed by atoms with Crippen LogP contribution in [0.5, 0.6) is 0 Å². The number of aliphatic carboxylic acids is 1. The van der Waals surface area contributed by atoms with Gasteiger partial charge in [0.1, 0.15) is 0 Å². The Bertz CT molecular complexity index is 1340. The molecule has 0 unspecified atom stereocenters. The molecule has 226 valence electrons. The van der Waals surface area contributed by atoms with E-state index in [1.165, 1.54) is 25.3 Å². The number of aromatic carboxylic acids is 1. The van der Waals surface area contributed by atoms with Crippen LogP contribution in [0.2, 0.25) is 0 Å². The topological polar surface area (TPSA) is 127 Å². The summed E-state index contributed by atoms with van der Waals surface area (Å²) in [5.74, 6) is -3.84. The van der Waals surface area contributed by atoms with Gasteiger partial charge in [0.25, 0.3) is 10.0 Å². The summed E-state index contributed by atoms with van der Waals surface area (Å²) in [6.45, 7) is 9.46. The van der Waals surface area contributed by atoms with Crippen molar-refractivity contribution in [2.24, 2.45) is 0 Å². The lowest BCUT2D eigenvalue weighted by Gasteiger charge is -2.41. The van der Waals surface area contributed by atoms with Crippen molar-refractivity contribution in [1.82, 2.24) is 4.90 Å². The van der Waals surface area contributed by atoms with E-state index < -0.39 is 28.1 Å². The Morgan fingerprint density at radius 3 is 1.93 bits per heavy atom. The highest BCUT2D eigenvalue weighted by Gasteiger charge is 2.38. The number of nitrogens with zero attached hydrogens (tertiary/aromatic N) is 2. The molecule has 13 heteroatoms. The van der Waals surface area contributed by atoms with Crippen LogP contribution in [0.4, 0.5) is 24.5 Å². The van der Waals surface area contributed by atoms with Crippen LogP contribution in [0.15, 0.2) is 35.2 Å². The third-order valence-corrected chi connectivity index (χ3v) is 8.99. The normalized spacial score (nSPS) is 17.0. The van der Waals surface area contributed by atoms with Gasteiger partial charge in [-0.05, 0) is 88.9 Å². The molecule has 0 amide bonds. The van der Waals surface area contributed by atoms with E-state index >= 15 is 0 Å². The fraction of sp³-hybridized carbons (Fsp3) is 0.500. The van der Waals surface area contributed by atoms with Crippen LogP contribution < -0.4 is 9.62 Å².